The molecule has 0 spiro atoms. The van der Waals surface area contributed by atoms with Gasteiger partial charge in [-0.05, 0) is 6.42 Å². The van der Waals surface area contributed by atoms with Gasteiger partial charge in [-0.15, -0.1) is 0 Å². The van der Waals surface area contributed by atoms with Gasteiger partial charge >= 0.3 is 0 Å². The second-order valence-corrected chi connectivity index (χ2v) is 5.25. The van der Waals surface area contributed by atoms with E-state index in [9.17, 15) is 4.21 Å². The summed E-state index contributed by atoms with van der Waals surface area (Å²) in [6.45, 7) is 2.66. The molecule has 0 radical (unpaired) electrons. The van der Waals surface area contributed by atoms with Crippen molar-refractivity contribution >= 4 is 16.7 Å². The van der Waals surface area contributed by atoms with Crippen LogP contribution in [0.3, 0.4) is 0 Å². The van der Waals surface area contributed by atoms with Crippen LogP contribution in [0.25, 0.3) is 0 Å². The van der Waals surface area contributed by atoms with Crippen molar-refractivity contribution in [1.82, 2.24) is 9.97 Å². The zero-order chi connectivity index (χ0) is 12.0. The van der Waals surface area contributed by atoms with Gasteiger partial charge in [-0.1, -0.05) is 6.92 Å². The highest BCUT2D eigenvalue weighted by Crippen LogP contribution is 2.07. The fraction of sp³-hybridized carbons (Fsp3) is 0.600. The number of nitrogens with zero attached hydrogens (tertiary/aromatic N) is 2. The Kier molecular flexibility index (Phi) is 5.18. The summed E-state index contributed by atoms with van der Waals surface area (Å²) in [5.74, 6) is 1.07. The molecule has 0 aromatic carbocycles. The number of rotatable bonds is 6. The highest BCUT2D eigenvalue weighted by atomic mass is 32.2. The van der Waals surface area contributed by atoms with Crippen molar-refractivity contribution in [3.63, 3.8) is 0 Å². The van der Waals surface area contributed by atoms with Crippen LogP contribution in [0, 0.1) is 0 Å². The minimum Gasteiger partial charge on any atom is -0.481 e. The van der Waals surface area contributed by atoms with Gasteiger partial charge in [0, 0.05) is 41.1 Å². The molecule has 90 valence electrons. The minimum atomic E-state index is -0.780. The number of ether oxygens (including phenoxy) is 1. The molecule has 0 bridgehead atoms. The summed E-state index contributed by atoms with van der Waals surface area (Å²) in [4.78, 5) is 8.16. The predicted molar refractivity (Wildman–Crippen MR) is 65.2 cm³/mol. The molecule has 1 aromatic heterocycles. The first kappa shape index (κ1) is 12.9. The highest BCUT2D eigenvalue weighted by Gasteiger charge is 2.05. The molecule has 0 fully saturated rings. The van der Waals surface area contributed by atoms with E-state index in [-0.39, 0.29) is 5.25 Å². The lowest BCUT2D eigenvalue weighted by molar-refractivity contribution is 0.397. The quantitative estimate of drug-likeness (QED) is 0.809. The van der Waals surface area contributed by atoms with Crippen LogP contribution < -0.4 is 10.1 Å². The second kappa shape index (κ2) is 6.42. The Bertz CT molecular complexity index is 360. The van der Waals surface area contributed by atoms with Gasteiger partial charge in [0.15, 0.2) is 0 Å². The Morgan fingerprint density at radius 2 is 2.38 bits per heavy atom. The van der Waals surface area contributed by atoms with Crippen LogP contribution in [0.4, 0.5) is 5.95 Å². The maximum Gasteiger partial charge on any atom is 0.225 e. The van der Waals surface area contributed by atoms with Crippen molar-refractivity contribution in [3.8, 4) is 5.88 Å². The minimum absolute atomic E-state index is 0.179. The van der Waals surface area contributed by atoms with E-state index < -0.39 is 10.8 Å². The van der Waals surface area contributed by atoms with Gasteiger partial charge in [0.05, 0.1) is 7.11 Å². The molecule has 0 saturated heterocycles. The molecule has 1 heterocycles. The summed E-state index contributed by atoms with van der Waals surface area (Å²) in [6.07, 6.45) is 4.17. The van der Waals surface area contributed by atoms with E-state index in [0.717, 1.165) is 6.42 Å². The first-order valence-corrected chi connectivity index (χ1v) is 6.68. The van der Waals surface area contributed by atoms with Gasteiger partial charge in [0.25, 0.3) is 0 Å². The monoisotopic (exact) mass is 243 g/mol. The molecule has 2 atom stereocenters. The smallest absolute Gasteiger partial charge is 0.225 e. The fourth-order valence-corrected chi connectivity index (χ4v) is 1.54. The number of hydrogen-bond donors (Lipinski definition) is 1. The lowest BCUT2D eigenvalue weighted by Gasteiger charge is -2.09. The van der Waals surface area contributed by atoms with E-state index in [2.05, 4.69) is 15.3 Å². The van der Waals surface area contributed by atoms with Crippen LogP contribution in [0.1, 0.15) is 13.3 Å². The molecule has 0 aliphatic rings. The first-order chi connectivity index (χ1) is 7.63. The van der Waals surface area contributed by atoms with Gasteiger partial charge < -0.3 is 10.1 Å². The molecule has 2 unspecified atom stereocenters. The summed E-state index contributed by atoms with van der Waals surface area (Å²) in [5, 5.41) is 3.25. The van der Waals surface area contributed by atoms with E-state index in [1.54, 1.807) is 25.6 Å². The largest absolute Gasteiger partial charge is 0.481 e. The Morgan fingerprint density at radius 3 is 3.00 bits per heavy atom. The van der Waals surface area contributed by atoms with Crippen LogP contribution in [-0.2, 0) is 10.8 Å². The molecule has 5 nitrogen and oxygen atoms in total. The van der Waals surface area contributed by atoms with Crippen LogP contribution in [-0.4, -0.2) is 39.3 Å². The molecule has 1 aromatic rings. The fourth-order valence-electron chi connectivity index (χ4n) is 1.09. The standard InChI is InChI=1S/C10H17N3O2S/c1-8(16(3)14)4-6-11-10-12-7-5-9(13-10)15-2/h5,7-8H,4,6H2,1-3H3,(H,11,12,13). The van der Waals surface area contributed by atoms with E-state index in [4.69, 9.17) is 4.74 Å². The number of anilines is 1. The van der Waals surface area contributed by atoms with Gasteiger partial charge in [-0.3, -0.25) is 4.21 Å². The SMILES string of the molecule is COc1ccnc(NCCC(C)S(C)=O)n1. The number of methoxy groups -OCH3 is 1. The third kappa shape index (κ3) is 4.14. The zero-order valence-corrected chi connectivity index (χ0v) is 10.6. The lowest BCUT2D eigenvalue weighted by atomic mass is 10.3. The van der Waals surface area contributed by atoms with E-state index >= 15 is 0 Å². The van der Waals surface area contributed by atoms with Gasteiger partial charge in [-0.2, -0.15) is 4.98 Å². The van der Waals surface area contributed by atoms with Crippen LogP contribution in [0.2, 0.25) is 0 Å². The molecule has 0 saturated carbocycles. The zero-order valence-electron chi connectivity index (χ0n) is 9.77. The van der Waals surface area contributed by atoms with Gasteiger partial charge in [0.1, 0.15) is 0 Å². The van der Waals surface area contributed by atoms with Crippen molar-refractivity contribution in [2.75, 3.05) is 25.2 Å². The third-order valence-corrected chi connectivity index (χ3v) is 3.61. The van der Waals surface area contributed by atoms with Crippen molar-refractivity contribution in [2.45, 2.75) is 18.6 Å². The average Bonchev–Trinajstić information content (AvgIpc) is 2.29. The van der Waals surface area contributed by atoms with Crippen LogP contribution >= 0.6 is 0 Å². The summed E-state index contributed by atoms with van der Waals surface area (Å²) in [7, 11) is 0.784. The molecule has 16 heavy (non-hydrogen) atoms. The Labute approximate surface area is 98.1 Å². The van der Waals surface area contributed by atoms with Crippen molar-refractivity contribution in [3.05, 3.63) is 12.3 Å². The van der Waals surface area contributed by atoms with Crippen molar-refractivity contribution < 1.29 is 8.95 Å². The Balaban J connectivity index is 2.39. The maximum atomic E-state index is 11.1. The summed E-state index contributed by atoms with van der Waals surface area (Å²) >= 11 is 0. The normalized spacial score (nSPS) is 14.2. The summed E-state index contributed by atoms with van der Waals surface area (Å²) in [6, 6.07) is 1.69. The Hall–Kier alpha value is -1.17. The van der Waals surface area contributed by atoms with E-state index in [1.807, 2.05) is 6.92 Å². The lowest BCUT2D eigenvalue weighted by Crippen LogP contribution is -2.15. The van der Waals surface area contributed by atoms with Gasteiger partial charge in [-0.25, -0.2) is 4.98 Å². The molecule has 1 N–H and O–H groups in total. The van der Waals surface area contributed by atoms with Crippen LogP contribution in [0.15, 0.2) is 12.3 Å². The van der Waals surface area contributed by atoms with Crippen molar-refractivity contribution in [2.24, 2.45) is 0 Å². The highest BCUT2D eigenvalue weighted by molar-refractivity contribution is 7.84. The van der Waals surface area contributed by atoms with E-state index in [1.165, 1.54) is 0 Å². The molecule has 0 amide bonds. The predicted octanol–water partition coefficient (Wildman–Crippen LogP) is 1.05. The van der Waals surface area contributed by atoms with Gasteiger partial charge in [0.2, 0.25) is 11.8 Å². The number of aromatic nitrogens is 2. The summed E-state index contributed by atoms with van der Waals surface area (Å²) < 4.78 is 16.1. The second-order valence-electron chi connectivity index (χ2n) is 3.45. The molecular weight excluding hydrogens is 226 g/mol. The average molecular weight is 243 g/mol. The molecule has 1 rings (SSSR count). The number of hydrogen-bond acceptors (Lipinski definition) is 5. The van der Waals surface area contributed by atoms with E-state index in [0.29, 0.717) is 18.4 Å². The molecular formula is C10H17N3O2S. The maximum absolute atomic E-state index is 11.1. The van der Waals surface area contributed by atoms with Crippen LogP contribution in [0.5, 0.6) is 5.88 Å². The Morgan fingerprint density at radius 1 is 1.62 bits per heavy atom. The molecule has 0 aliphatic carbocycles. The summed E-state index contributed by atoms with van der Waals surface area (Å²) in [5.41, 5.74) is 0. The molecule has 0 aliphatic heterocycles. The first-order valence-electron chi connectivity index (χ1n) is 5.06. The topological polar surface area (TPSA) is 64.1 Å². The third-order valence-electron chi connectivity index (χ3n) is 2.24. The van der Waals surface area contributed by atoms with Crippen molar-refractivity contribution in [1.29, 1.82) is 0 Å². The number of nitrogens with one attached hydrogen (secondary N) is 1. The molecule has 6 heteroatoms.